The lowest BCUT2D eigenvalue weighted by molar-refractivity contribution is -0.0263. The molecule has 1 aromatic rings. The Labute approximate surface area is 122 Å². The van der Waals surface area contributed by atoms with Gasteiger partial charge in [-0.25, -0.2) is 0 Å². The summed E-state index contributed by atoms with van der Waals surface area (Å²) in [7, 11) is 1.66. The van der Waals surface area contributed by atoms with Crippen LogP contribution in [0.4, 0.5) is 0 Å². The molecule has 0 aliphatic heterocycles. The SMILES string of the molecule is C#CC[C@@H](C[C@H](C)OCCOC)OCc1ccccc1. The first-order chi connectivity index (χ1) is 9.76. The normalized spacial score (nSPS) is 13.7. The van der Waals surface area contributed by atoms with Crippen molar-refractivity contribution >= 4 is 0 Å². The molecule has 0 N–H and O–H groups in total. The van der Waals surface area contributed by atoms with Gasteiger partial charge in [-0.15, -0.1) is 12.3 Å². The second kappa shape index (κ2) is 10.4. The largest absolute Gasteiger partial charge is 0.382 e. The Morgan fingerprint density at radius 2 is 1.90 bits per heavy atom. The van der Waals surface area contributed by atoms with Crippen molar-refractivity contribution in [3.63, 3.8) is 0 Å². The first-order valence-electron chi connectivity index (χ1n) is 6.95. The van der Waals surface area contributed by atoms with Crippen molar-refractivity contribution < 1.29 is 14.2 Å². The fourth-order valence-corrected chi connectivity index (χ4v) is 1.90. The van der Waals surface area contributed by atoms with Crippen LogP contribution in [0.15, 0.2) is 30.3 Å². The van der Waals surface area contributed by atoms with Crippen LogP contribution in [-0.2, 0) is 20.8 Å². The summed E-state index contributed by atoms with van der Waals surface area (Å²) in [5.74, 6) is 2.67. The summed E-state index contributed by atoms with van der Waals surface area (Å²) in [5.41, 5.74) is 1.16. The predicted octanol–water partition coefficient (Wildman–Crippen LogP) is 3.04. The van der Waals surface area contributed by atoms with E-state index >= 15 is 0 Å². The monoisotopic (exact) mass is 276 g/mol. The molecule has 0 saturated heterocycles. The fourth-order valence-electron chi connectivity index (χ4n) is 1.90. The molecule has 0 aromatic heterocycles. The summed E-state index contributed by atoms with van der Waals surface area (Å²) in [6.45, 7) is 3.82. The minimum Gasteiger partial charge on any atom is -0.382 e. The van der Waals surface area contributed by atoms with Crippen molar-refractivity contribution in [2.24, 2.45) is 0 Å². The standard InChI is InChI=1S/C17H24O3/c1-4-8-17(13-15(2)19-12-11-18-3)20-14-16-9-6-5-7-10-16/h1,5-7,9-10,15,17H,8,11-14H2,2-3H3/t15-,17-/m0/s1. The Balaban J connectivity index is 2.34. The van der Waals surface area contributed by atoms with E-state index in [1.165, 1.54) is 0 Å². The van der Waals surface area contributed by atoms with Crippen LogP contribution < -0.4 is 0 Å². The summed E-state index contributed by atoms with van der Waals surface area (Å²) in [5, 5.41) is 0. The average molecular weight is 276 g/mol. The lowest BCUT2D eigenvalue weighted by Gasteiger charge is -2.20. The minimum absolute atomic E-state index is 0.0257. The zero-order valence-electron chi connectivity index (χ0n) is 12.4. The third-order valence-electron chi connectivity index (χ3n) is 2.96. The van der Waals surface area contributed by atoms with Gasteiger partial charge in [0.25, 0.3) is 0 Å². The molecule has 0 aliphatic rings. The van der Waals surface area contributed by atoms with Gasteiger partial charge in [-0.1, -0.05) is 30.3 Å². The highest BCUT2D eigenvalue weighted by Gasteiger charge is 2.13. The predicted molar refractivity (Wildman–Crippen MR) is 80.4 cm³/mol. The fraction of sp³-hybridized carbons (Fsp3) is 0.529. The molecule has 0 aliphatic carbocycles. The van der Waals surface area contributed by atoms with Gasteiger partial charge in [0.05, 0.1) is 32.0 Å². The number of hydrogen-bond donors (Lipinski definition) is 0. The van der Waals surface area contributed by atoms with Gasteiger partial charge in [0.15, 0.2) is 0 Å². The highest BCUT2D eigenvalue weighted by molar-refractivity contribution is 5.13. The van der Waals surface area contributed by atoms with Gasteiger partial charge in [0, 0.05) is 20.0 Å². The van der Waals surface area contributed by atoms with Gasteiger partial charge in [-0.05, 0) is 12.5 Å². The van der Waals surface area contributed by atoms with E-state index in [2.05, 4.69) is 5.92 Å². The summed E-state index contributed by atoms with van der Waals surface area (Å²) >= 11 is 0. The Morgan fingerprint density at radius 1 is 1.15 bits per heavy atom. The molecule has 0 unspecified atom stereocenters. The summed E-state index contributed by atoms with van der Waals surface area (Å²) in [4.78, 5) is 0. The molecular weight excluding hydrogens is 252 g/mol. The number of methoxy groups -OCH3 is 1. The van der Waals surface area contributed by atoms with E-state index in [-0.39, 0.29) is 12.2 Å². The van der Waals surface area contributed by atoms with Gasteiger partial charge in [0.1, 0.15) is 0 Å². The highest BCUT2D eigenvalue weighted by atomic mass is 16.5. The van der Waals surface area contributed by atoms with Crippen LogP contribution in [0.5, 0.6) is 0 Å². The molecule has 0 radical (unpaired) electrons. The maximum atomic E-state index is 5.89. The number of hydrogen-bond acceptors (Lipinski definition) is 3. The topological polar surface area (TPSA) is 27.7 Å². The number of terminal acetylenes is 1. The lowest BCUT2D eigenvalue weighted by Crippen LogP contribution is -2.22. The third kappa shape index (κ3) is 7.30. The van der Waals surface area contributed by atoms with Crippen LogP contribution in [0.3, 0.4) is 0 Å². The van der Waals surface area contributed by atoms with Gasteiger partial charge >= 0.3 is 0 Å². The lowest BCUT2D eigenvalue weighted by atomic mass is 10.1. The van der Waals surface area contributed by atoms with Crippen molar-refractivity contribution in [3.8, 4) is 12.3 Å². The molecule has 0 spiro atoms. The molecule has 0 heterocycles. The van der Waals surface area contributed by atoms with Crippen LogP contribution in [0.25, 0.3) is 0 Å². The Kier molecular flexibility index (Phi) is 8.73. The Hall–Kier alpha value is -1.34. The van der Waals surface area contributed by atoms with Crippen LogP contribution in [0.1, 0.15) is 25.3 Å². The van der Waals surface area contributed by atoms with E-state index in [1.807, 2.05) is 37.3 Å². The van der Waals surface area contributed by atoms with Crippen molar-refractivity contribution in [1.29, 1.82) is 0 Å². The Morgan fingerprint density at radius 3 is 2.55 bits per heavy atom. The number of benzene rings is 1. The van der Waals surface area contributed by atoms with E-state index in [4.69, 9.17) is 20.6 Å². The van der Waals surface area contributed by atoms with Crippen LogP contribution in [0, 0.1) is 12.3 Å². The summed E-state index contributed by atoms with van der Waals surface area (Å²) < 4.78 is 16.5. The molecule has 0 bridgehead atoms. The van der Waals surface area contributed by atoms with E-state index in [1.54, 1.807) is 7.11 Å². The van der Waals surface area contributed by atoms with Crippen molar-refractivity contribution in [2.45, 2.75) is 38.6 Å². The van der Waals surface area contributed by atoms with E-state index in [0.29, 0.717) is 26.2 Å². The van der Waals surface area contributed by atoms with Crippen LogP contribution in [-0.4, -0.2) is 32.5 Å². The van der Waals surface area contributed by atoms with Crippen molar-refractivity contribution in [2.75, 3.05) is 20.3 Å². The molecule has 110 valence electrons. The van der Waals surface area contributed by atoms with Crippen LogP contribution in [0.2, 0.25) is 0 Å². The quantitative estimate of drug-likeness (QED) is 0.485. The van der Waals surface area contributed by atoms with E-state index in [0.717, 1.165) is 12.0 Å². The van der Waals surface area contributed by atoms with E-state index in [9.17, 15) is 0 Å². The molecule has 3 heteroatoms. The molecule has 0 saturated carbocycles. The van der Waals surface area contributed by atoms with Crippen molar-refractivity contribution in [3.05, 3.63) is 35.9 Å². The zero-order valence-corrected chi connectivity index (χ0v) is 12.4. The maximum absolute atomic E-state index is 5.89. The van der Waals surface area contributed by atoms with Crippen LogP contribution >= 0.6 is 0 Å². The molecule has 1 rings (SSSR count). The smallest absolute Gasteiger partial charge is 0.0721 e. The first kappa shape index (κ1) is 16.7. The van der Waals surface area contributed by atoms with Gasteiger partial charge < -0.3 is 14.2 Å². The van der Waals surface area contributed by atoms with Crippen molar-refractivity contribution in [1.82, 2.24) is 0 Å². The zero-order chi connectivity index (χ0) is 14.6. The number of ether oxygens (including phenoxy) is 3. The molecule has 0 amide bonds. The second-order valence-electron chi connectivity index (χ2n) is 4.74. The third-order valence-corrected chi connectivity index (χ3v) is 2.96. The summed E-state index contributed by atoms with van der Waals surface area (Å²) in [6.07, 6.45) is 6.94. The minimum atomic E-state index is 0.0257. The average Bonchev–Trinajstić information content (AvgIpc) is 2.46. The maximum Gasteiger partial charge on any atom is 0.0721 e. The molecular formula is C17H24O3. The molecule has 20 heavy (non-hydrogen) atoms. The van der Waals surface area contributed by atoms with Gasteiger partial charge in [-0.2, -0.15) is 0 Å². The first-order valence-corrected chi connectivity index (χ1v) is 6.95. The molecule has 0 fully saturated rings. The summed E-state index contributed by atoms with van der Waals surface area (Å²) in [6, 6.07) is 10.1. The van der Waals surface area contributed by atoms with Gasteiger partial charge in [-0.3, -0.25) is 0 Å². The second-order valence-corrected chi connectivity index (χ2v) is 4.74. The van der Waals surface area contributed by atoms with E-state index < -0.39 is 0 Å². The van der Waals surface area contributed by atoms with Gasteiger partial charge in [0.2, 0.25) is 0 Å². The number of rotatable bonds is 10. The Bertz CT molecular complexity index is 383. The highest BCUT2D eigenvalue weighted by Crippen LogP contribution is 2.12. The molecule has 2 atom stereocenters. The molecule has 1 aromatic carbocycles. The molecule has 3 nitrogen and oxygen atoms in total.